The maximum Gasteiger partial charge on any atom is 0.251 e. The molecular weight excluding hydrogens is 250 g/mol. The number of methoxy groups -OCH3 is 2. The Morgan fingerprint density at radius 2 is 1.84 bits per heavy atom. The van der Waals surface area contributed by atoms with Gasteiger partial charge in [-0.3, -0.25) is 4.79 Å². The van der Waals surface area contributed by atoms with Crippen LogP contribution in [-0.4, -0.2) is 26.1 Å². The molecule has 0 spiro atoms. The number of hydrogen-bond acceptors (Lipinski definition) is 5. The van der Waals surface area contributed by atoms with Crippen molar-refractivity contribution < 1.29 is 24.2 Å². The molecule has 0 aliphatic heterocycles. The first-order chi connectivity index (χ1) is 8.97. The smallest absolute Gasteiger partial charge is 0.251 e. The molecule has 0 radical (unpaired) electrons. The van der Waals surface area contributed by atoms with E-state index in [0.29, 0.717) is 17.2 Å². The lowest BCUT2D eigenvalue weighted by Gasteiger charge is -2.10. The quantitative estimate of drug-likeness (QED) is 0.775. The molecule has 0 bridgehead atoms. The molecule has 0 heterocycles. The van der Waals surface area contributed by atoms with Gasteiger partial charge in [0.05, 0.1) is 20.2 Å². The van der Waals surface area contributed by atoms with Crippen LogP contribution in [0.4, 0.5) is 5.69 Å². The third-order valence-corrected chi connectivity index (χ3v) is 2.33. The van der Waals surface area contributed by atoms with Crippen LogP contribution in [0.25, 0.3) is 0 Å². The van der Waals surface area contributed by atoms with Crippen LogP contribution in [0.5, 0.6) is 11.5 Å². The van der Waals surface area contributed by atoms with Gasteiger partial charge < -0.3 is 24.7 Å². The van der Waals surface area contributed by atoms with E-state index in [2.05, 4.69) is 5.32 Å². The molecule has 6 heteroatoms. The van der Waals surface area contributed by atoms with Crippen LogP contribution in [0.2, 0.25) is 0 Å². The summed E-state index contributed by atoms with van der Waals surface area (Å²) in [6.45, 7) is 1.38. The van der Waals surface area contributed by atoms with E-state index in [9.17, 15) is 14.7 Å². The largest absolute Gasteiger partial charge is 0.545 e. The highest BCUT2D eigenvalue weighted by Gasteiger charge is 2.08. The van der Waals surface area contributed by atoms with Gasteiger partial charge in [-0.1, -0.05) is 0 Å². The molecule has 1 rings (SSSR count). The Kier molecular flexibility index (Phi) is 4.93. The molecule has 102 valence electrons. The molecule has 19 heavy (non-hydrogen) atoms. The average molecular weight is 264 g/mol. The first-order valence-electron chi connectivity index (χ1n) is 5.40. The van der Waals surface area contributed by atoms with Crippen LogP contribution >= 0.6 is 0 Å². The minimum atomic E-state index is -1.42. The van der Waals surface area contributed by atoms with Gasteiger partial charge in [0.1, 0.15) is 0 Å². The molecule has 0 aromatic heterocycles. The normalized spacial score (nSPS) is 10.8. The SMILES string of the molecule is COc1ccc(NC(=O)/C(C)=C\C(=O)[O-])cc1OC. The van der Waals surface area contributed by atoms with Gasteiger partial charge >= 0.3 is 0 Å². The molecule has 0 unspecified atom stereocenters. The van der Waals surface area contributed by atoms with E-state index in [4.69, 9.17) is 9.47 Å². The maximum atomic E-state index is 11.7. The number of amides is 1. The Labute approximate surface area is 110 Å². The summed E-state index contributed by atoms with van der Waals surface area (Å²) in [5.41, 5.74) is 0.503. The zero-order chi connectivity index (χ0) is 14.4. The second-order valence-electron chi connectivity index (χ2n) is 3.67. The number of anilines is 1. The van der Waals surface area contributed by atoms with E-state index >= 15 is 0 Å². The lowest BCUT2D eigenvalue weighted by Crippen LogP contribution is -2.22. The number of hydrogen-bond donors (Lipinski definition) is 1. The summed E-state index contributed by atoms with van der Waals surface area (Å²) in [5, 5.41) is 12.9. The van der Waals surface area contributed by atoms with E-state index in [1.54, 1.807) is 18.2 Å². The van der Waals surface area contributed by atoms with E-state index in [1.165, 1.54) is 21.1 Å². The Hall–Kier alpha value is -2.50. The maximum absolute atomic E-state index is 11.7. The molecule has 1 aromatic carbocycles. The number of carbonyl (C=O) groups is 2. The molecular formula is C13H14NO5-. The molecule has 0 saturated heterocycles. The van der Waals surface area contributed by atoms with Crippen molar-refractivity contribution in [1.29, 1.82) is 0 Å². The van der Waals surface area contributed by atoms with E-state index in [0.717, 1.165) is 6.08 Å². The average Bonchev–Trinajstić information content (AvgIpc) is 2.37. The molecule has 1 N–H and O–H groups in total. The summed E-state index contributed by atoms with van der Waals surface area (Å²) >= 11 is 0. The first kappa shape index (κ1) is 14.6. The first-order valence-corrected chi connectivity index (χ1v) is 5.40. The highest BCUT2D eigenvalue weighted by molar-refractivity contribution is 6.06. The summed E-state index contributed by atoms with van der Waals surface area (Å²) in [5.74, 6) is -0.958. The molecule has 0 aliphatic rings. The fourth-order valence-electron chi connectivity index (χ4n) is 1.39. The van der Waals surface area contributed by atoms with Crippen molar-refractivity contribution in [2.75, 3.05) is 19.5 Å². The zero-order valence-corrected chi connectivity index (χ0v) is 10.9. The number of benzene rings is 1. The molecule has 1 aromatic rings. The number of ether oxygens (including phenoxy) is 2. The number of nitrogens with one attached hydrogen (secondary N) is 1. The number of carbonyl (C=O) groups excluding carboxylic acids is 2. The topological polar surface area (TPSA) is 87.7 Å². The predicted octanol–water partition coefficient (Wildman–Crippen LogP) is 0.338. The van der Waals surface area contributed by atoms with Crippen LogP contribution in [-0.2, 0) is 9.59 Å². The minimum absolute atomic E-state index is 0.0368. The Morgan fingerprint density at radius 3 is 2.37 bits per heavy atom. The van der Waals surface area contributed by atoms with Gasteiger partial charge in [-0.2, -0.15) is 0 Å². The van der Waals surface area contributed by atoms with Crippen LogP contribution in [0.1, 0.15) is 6.92 Å². The van der Waals surface area contributed by atoms with Crippen molar-refractivity contribution in [2.45, 2.75) is 6.92 Å². The number of carboxylic acid groups (broad SMARTS) is 1. The standard InChI is InChI=1S/C13H15NO5/c1-8(6-12(15)16)13(17)14-9-4-5-10(18-2)11(7-9)19-3/h4-7H,1-3H3,(H,14,17)(H,15,16)/p-1/b8-6-. The Bertz CT molecular complexity index is 522. The van der Waals surface area contributed by atoms with Crippen molar-refractivity contribution in [2.24, 2.45) is 0 Å². The van der Waals surface area contributed by atoms with Crippen LogP contribution < -0.4 is 19.9 Å². The van der Waals surface area contributed by atoms with Crippen molar-refractivity contribution in [1.82, 2.24) is 0 Å². The summed E-state index contributed by atoms with van der Waals surface area (Å²) in [4.78, 5) is 22.0. The molecule has 0 saturated carbocycles. The van der Waals surface area contributed by atoms with Crippen molar-refractivity contribution in [3.8, 4) is 11.5 Å². The summed E-state index contributed by atoms with van der Waals surface area (Å²) in [6, 6.07) is 4.82. The lowest BCUT2D eigenvalue weighted by atomic mass is 10.2. The second-order valence-corrected chi connectivity index (χ2v) is 3.67. The molecule has 1 amide bonds. The van der Waals surface area contributed by atoms with Gasteiger partial charge in [-0.05, 0) is 25.1 Å². The monoisotopic (exact) mass is 264 g/mol. The summed E-state index contributed by atoms with van der Waals surface area (Å²) in [6.07, 6.45) is 0.732. The highest BCUT2D eigenvalue weighted by Crippen LogP contribution is 2.29. The number of aliphatic carboxylic acids is 1. The van der Waals surface area contributed by atoms with Gasteiger partial charge in [0, 0.05) is 17.3 Å². The third-order valence-electron chi connectivity index (χ3n) is 2.33. The minimum Gasteiger partial charge on any atom is -0.545 e. The van der Waals surface area contributed by atoms with Gasteiger partial charge in [-0.15, -0.1) is 0 Å². The number of rotatable bonds is 5. The molecule has 0 atom stereocenters. The highest BCUT2D eigenvalue weighted by atomic mass is 16.5. The van der Waals surface area contributed by atoms with Crippen molar-refractivity contribution in [3.05, 3.63) is 29.8 Å². The fraction of sp³-hybridized carbons (Fsp3) is 0.231. The molecule has 0 aliphatic carbocycles. The van der Waals surface area contributed by atoms with E-state index < -0.39 is 11.9 Å². The number of carboxylic acids is 1. The lowest BCUT2D eigenvalue weighted by molar-refractivity contribution is -0.297. The van der Waals surface area contributed by atoms with Gasteiger partial charge in [-0.25, -0.2) is 0 Å². The van der Waals surface area contributed by atoms with Gasteiger partial charge in [0.15, 0.2) is 11.5 Å². The van der Waals surface area contributed by atoms with Crippen LogP contribution in [0.3, 0.4) is 0 Å². The van der Waals surface area contributed by atoms with Gasteiger partial charge in [0.2, 0.25) is 0 Å². The Balaban J connectivity index is 2.89. The van der Waals surface area contributed by atoms with Crippen LogP contribution in [0.15, 0.2) is 29.8 Å². The van der Waals surface area contributed by atoms with Gasteiger partial charge in [0.25, 0.3) is 5.91 Å². The predicted molar refractivity (Wildman–Crippen MR) is 66.9 cm³/mol. The van der Waals surface area contributed by atoms with Crippen LogP contribution in [0, 0.1) is 0 Å². The molecule has 6 nitrogen and oxygen atoms in total. The summed E-state index contributed by atoms with van der Waals surface area (Å²) in [7, 11) is 2.98. The fourth-order valence-corrected chi connectivity index (χ4v) is 1.39. The summed E-state index contributed by atoms with van der Waals surface area (Å²) < 4.78 is 10.1. The Morgan fingerprint density at radius 1 is 1.21 bits per heavy atom. The zero-order valence-electron chi connectivity index (χ0n) is 10.9. The van der Waals surface area contributed by atoms with Crippen molar-refractivity contribution >= 4 is 17.6 Å². The van der Waals surface area contributed by atoms with E-state index in [-0.39, 0.29) is 5.57 Å². The molecule has 0 fully saturated rings. The second kappa shape index (κ2) is 6.44. The third kappa shape index (κ3) is 4.02. The van der Waals surface area contributed by atoms with Crippen molar-refractivity contribution in [3.63, 3.8) is 0 Å². The van der Waals surface area contributed by atoms with E-state index in [1.807, 2.05) is 0 Å².